The lowest BCUT2D eigenvalue weighted by Crippen LogP contribution is -2.53. The Morgan fingerprint density at radius 3 is 2.54 bits per heavy atom. The number of hydrogen-bond donors (Lipinski definition) is 1. The number of amides is 3. The van der Waals surface area contributed by atoms with Crippen LogP contribution in [-0.4, -0.2) is 78.1 Å². The molecule has 1 N–H and O–H groups in total. The van der Waals surface area contributed by atoms with Crippen LogP contribution in [0, 0.1) is 5.92 Å². The molecule has 3 heterocycles. The largest absolute Gasteiger partial charge is 0.493 e. The highest BCUT2D eigenvalue weighted by molar-refractivity contribution is 6.04. The molecule has 5 rings (SSSR count). The SMILES string of the molecule is COC1(C)CCN([C@@H]2CCCCC[C@@H]2OC2=CC=C3C(=O)N(C4CCC(=O)NC4=O)CC3C2)CC1. The summed E-state index contributed by atoms with van der Waals surface area (Å²) >= 11 is 0. The van der Waals surface area contributed by atoms with Crippen LogP contribution in [0.2, 0.25) is 0 Å². The lowest BCUT2D eigenvalue weighted by molar-refractivity contribution is -0.142. The van der Waals surface area contributed by atoms with E-state index in [1.54, 1.807) is 4.90 Å². The average molecular weight is 486 g/mol. The number of carbonyl (C=O) groups is 3. The number of ether oxygens (including phenoxy) is 2. The van der Waals surface area contributed by atoms with E-state index in [1.165, 1.54) is 19.3 Å². The number of rotatable bonds is 5. The normalized spacial score (nSPS) is 34.0. The second kappa shape index (κ2) is 10.1. The molecular formula is C27H39N3O5. The molecule has 8 nitrogen and oxygen atoms in total. The summed E-state index contributed by atoms with van der Waals surface area (Å²) in [5, 5.41) is 2.38. The van der Waals surface area contributed by atoms with Crippen LogP contribution in [0.3, 0.4) is 0 Å². The van der Waals surface area contributed by atoms with Crippen molar-refractivity contribution in [3.05, 3.63) is 23.5 Å². The van der Waals surface area contributed by atoms with Crippen LogP contribution in [0.15, 0.2) is 23.5 Å². The minimum absolute atomic E-state index is 0.0198. The molecule has 192 valence electrons. The molecule has 0 aromatic rings. The van der Waals surface area contributed by atoms with Gasteiger partial charge in [-0.25, -0.2) is 0 Å². The summed E-state index contributed by atoms with van der Waals surface area (Å²) in [7, 11) is 1.82. The standard InChI is InChI=1S/C27H39N3O5/c1-27(34-2)12-14-29(15-13-27)21-6-4-3-5-7-23(21)35-19-8-9-20-18(16-19)17-30(26(20)33)22-10-11-24(31)28-25(22)32/h8-9,18,21-23H,3-7,10-17H2,1-2H3,(H,28,31,32)/t18?,21-,22?,23+/m1/s1. The molecule has 0 aromatic heterocycles. The molecular weight excluding hydrogens is 446 g/mol. The number of nitrogens with zero attached hydrogens (tertiary/aromatic N) is 2. The van der Waals surface area contributed by atoms with Gasteiger partial charge >= 0.3 is 0 Å². The number of hydrogen-bond acceptors (Lipinski definition) is 6. The van der Waals surface area contributed by atoms with E-state index in [0.717, 1.165) is 50.1 Å². The highest BCUT2D eigenvalue weighted by Gasteiger charge is 2.44. The third kappa shape index (κ3) is 5.05. The first-order valence-corrected chi connectivity index (χ1v) is 13.4. The lowest BCUT2D eigenvalue weighted by Gasteiger charge is -2.44. The first-order chi connectivity index (χ1) is 16.9. The summed E-state index contributed by atoms with van der Waals surface area (Å²) in [5.41, 5.74) is 0.739. The molecule has 0 bridgehead atoms. The first-order valence-electron chi connectivity index (χ1n) is 13.4. The van der Waals surface area contributed by atoms with E-state index < -0.39 is 6.04 Å². The van der Waals surface area contributed by atoms with Crippen LogP contribution in [0.25, 0.3) is 0 Å². The van der Waals surface area contributed by atoms with Crippen molar-refractivity contribution in [3.63, 3.8) is 0 Å². The second-order valence-corrected chi connectivity index (χ2v) is 11.1. The highest BCUT2D eigenvalue weighted by Crippen LogP contribution is 2.38. The summed E-state index contributed by atoms with van der Waals surface area (Å²) in [4.78, 5) is 41.2. The van der Waals surface area contributed by atoms with Crippen molar-refractivity contribution in [3.8, 4) is 0 Å². The zero-order chi connectivity index (χ0) is 24.6. The third-order valence-corrected chi connectivity index (χ3v) is 8.89. The Morgan fingerprint density at radius 2 is 1.80 bits per heavy atom. The summed E-state index contributed by atoms with van der Waals surface area (Å²) < 4.78 is 12.5. The molecule has 3 amide bonds. The van der Waals surface area contributed by atoms with Gasteiger partial charge in [-0.1, -0.05) is 12.8 Å². The number of likely N-dealkylation sites (tertiary alicyclic amines) is 2. The molecule has 0 radical (unpaired) electrons. The molecule has 0 aromatic carbocycles. The predicted octanol–water partition coefficient (Wildman–Crippen LogP) is 2.68. The van der Waals surface area contributed by atoms with Crippen LogP contribution in [0.1, 0.15) is 71.1 Å². The molecule has 1 saturated carbocycles. The number of nitrogens with one attached hydrogen (secondary N) is 1. The summed E-state index contributed by atoms with van der Waals surface area (Å²) in [6.07, 6.45) is 13.4. The van der Waals surface area contributed by atoms with Crippen molar-refractivity contribution in [1.29, 1.82) is 0 Å². The molecule has 4 atom stereocenters. The monoisotopic (exact) mass is 485 g/mol. The summed E-state index contributed by atoms with van der Waals surface area (Å²) in [6.45, 7) is 4.79. The van der Waals surface area contributed by atoms with Gasteiger partial charge in [-0.15, -0.1) is 0 Å². The number of imide groups is 1. The van der Waals surface area contributed by atoms with Gasteiger partial charge in [0, 0.05) is 57.1 Å². The van der Waals surface area contributed by atoms with Gasteiger partial charge in [-0.2, -0.15) is 0 Å². The second-order valence-electron chi connectivity index (χ2n) is 11.1. The van der Waals surface area contributed by atoms with Gasteiger partial charge in [-0.3, -0.25) is 24.6 Å². The van der Waals surface area contributed by atoms with Crippen LogP contribution >= 0.6 is 0 Å². The van der Waals surface area contributed by atoms with Gasteiger partial charge in [0.15, 0.2) is 0 Å². The fourth-order valence-electron chi connectivity index (χ4n) is 6.51. The van der Waals surface area contributed by atoms with Crippen molar-refractivity contribution in [2.45, 2.75) is 94.9 Å². The van der Waals surface area contributed by atoms with Crippen molar-refractivity contribution >= 4 is 17.7 Å². The van der Waals surface area contributed by atoms with Gasteiger partial charge in [0.25, 0.3) is 5.91 Å². The smallest absolute Gasteiger partial charge is 0.250 e. The van der Waals surface area contributed by atoms with E-state index in [0.29, 0.717) is 25.4 Å². The number of allylic oxidation sites excluding steroid dienone is 3. The van der Waals surface area contributed by atoms with E-state index >= 15 is 0 Å². The number of piperidine rings is 2. The van der Waals surface area contributed by atoms with Gasteiger partial charge in [0.2, 0.25) is 11.8 Å². The van der Waals surface area contributed by atoms with Gasteiger partial charge in [0.05, 0.1) is 11.4 Å². The fourth-order valence-corrected chi connectivity index (χ4v) is 6.51. The number of methoxy groups -OCH3 is 1. The predicted molar refractivity (Wildman–Crippen MR) is 130 cm³/mol. The minimum atomic E-state index is -0.556. The van der Waals surface area contributed by atoms with Crippen molar-refractivity contribution in [2.75, 3.05) is 26.7 Å². The van der Waals surface area contributed by atoms with Crippen molar-refractivity contribution in [2.24, 2.45) is 5.92 Å². The summed E-state index contributed by atoms with van der Waals surface area (Å²) in [5.74, 6) is 0.291. The molecule has 3 saturated heterocycles. The Balaban J connectivity index is 1.23. The van der Waals surface area contributed by atoms with Gasteiger partial charge < -0.3 is 14.4 Å². The lowest BCUT2D eigenvalue weighted by atomic mass is 9.90. The molecule has 3 aliphatic heterocycles. The molecule has 0 spiro atoms. The van der Waals surface area contributed by atoms with Crippen LogP contribution in [-0.2, 0) is 23.9 Å². The molecule has 4 fully saturated rings. The maximum absolute atomic E-state index is 13.0. The molecule has 5 aliphatic rings. The van der Waals surface area contributed by atoms with Crippen LogP contribution in [0.4, 0.5) is 0 Å². The van der Waals surface area contributed by atoms with E-state index in [1.807, 2.05) is 19.3 Å². The number of fused-ring (bicyclic) bond motifs is 1. The molecule has 8 heteroatoms. The molecule has 2 unspecified atom stereocenters. The Hall–Kier alpha value is -2.19. The summed E-state index contributed by atoms with van der Waals surface area (Å²) in [6, 6.07) is -0.144. The maximum atomic E-state index is 13.0. The Bertz CT molecular complexity index is 920. The fraction of sp³-hybridized carbons (Fsp3) is 0.741. The molecule has 35 heavy (non-hydrogen) atoms. The van der Waals surface area contributed by atoms with E-state index in [-0.39, 0.29) is 41.8 Å². The van der Waals surface area contributed by atoms with Crippen molar-refractivity contribution < 1.29 is 23.9 Å². The first kappa shape index (κ1) is 24.5. The third-order valence-electron chi connectivity index (χ3n) is 8.89. The van der Waals surface area contributed by atoms with E-state index in [2.05, 4.69) is 17.1 Å². The topological polar surface area (TPSA) is 88.2 Å². The Labute approximate surface area is 208 Å². The van der Waals surface area contributed by atoms with Crippen molar-refractivity contribution in [1.82, 2.24) is 15.1 Å². The highest BCUT2D eigenvalue weighted by atomic mass is 16.5. The molecule has 2 aliphatic carbocycles. The maximum Gasteiger partial charge on any atom is 0.250 e. The Morgan fingerprint density at radius 1 is 1.03 bits per heavy atom. The quantitative estimate of drug-likeness (QED) is 0.476. The Kier molecular flexibility index (Phi) is 7.04. The van der Waals surface area contributed by atoms with E-state index in [4.69, 9.17) is 9.47 Å². The van der Waals surface area contributed by atoms with Crippen LogP contribution < -0.4 is 5.32 Å². The number of carbonyl (C=O) groups excluding carboxylic acids is 3. The van der Waals surface area contributed by atoms with Gasteiger partial charge in [0.1, 0.15) is 12.1 Å². The minimum Gasteiger partial charge on any atom is -0.493 e. The zero-order valence-electron chi connectivity index (χ0n) is 21.1. The van der Waals surface area contributed by atoms with E-state index in [9.17, 15) is 14.4 Å². The average Bonchev–Trinajstić information content (AvgIpc) is 3.00. The zero-order valence-corrected chi connectivity index (χ0v) is 21.1. The van der Waals surface area contributed by atoms with Gasteiger partial charge in [-0.05, 0) is 57.6 Å². The van der Waals surface area contributed by atoms with Crippen LogP contribution in [0.5, 0.6) is 0 Å².